The third-order valence-corrected chi connectivity index (χ3v) is 6.08. The number of hydrogen-bond donors (Lipinski definition) is 1. The number of aliphatic hydroxyl groups is 1. The molecule has 4 rings (SSSR count). The van der Waals surface area contributed by atoms with E-state index in [-0.39, 0.29) is 0 Å². The Morgan fingerprint density at radius 2 is 1.81 bits per heavy atom. The molecule has 0 bridgehead atoms. The fourth-order valence-corrected chi connectivity index (χ4v) is 4.05. The third kappa shape index (κ3) is 6.50. The van der Waals surface area contributed by atoms with Crippen LogP contribution in [0.2, 0.25) is 5.02 Å². The summed E-state index contributed by atoms with van der Waals surface area (Å²) in [5, 5.41) is 16.2. The van der Waals surface area contributed by atoms with Crippen molar-refractivity contribution in [2.45, 2.75) is 19.6 Å². The van der Waals surface area contributed by atoms with Crippen molar-refractivity contribution in [1.29, 1.82) is 0 Å². The van der Waals surface area contributed by atoms with Gasteiger partial charge in [-0.25, -0.2) is 9.07 Å². The number of ether oxygens (including phenoxy) is 2. The maximum absolute atomic E-state index is 13.9. The third-order valence-electron chi connectivity index (χ3n) is 5.83. The van der Waals surface area contributed by atoms with Gasteiger partial charge in [0.25, 0.3) is 0 Å². The van der Waals surface area contributed by atoms with Gasteiger partial charge in [0.15, 0.2) is 0 Å². The fraction of sp³-hybridized carbons (Fsp3) is 0.250. The molecule has 0 spiro atoms. The first kappa shape index (κ1) is 25.9. The number of aryl methyl sites for hydroxylation is 1. The normalized spacial score (nSPS) is 12.2. The van der Waals surface area contributed by atoms with Crippen LogP contribution >= 0.6 is 11.6 Å². The molecule has 36 heavy (non-hydrogen) atoms. The molecule has 188 valence electrons. The highest BCUT2D eigenvalue weighted by atomic mass is 35.5. The first-order valence-electron chi connectivity index (χ1n) is 11.7. The Balaban J connectivity index is 1.69. The summed E-state index contributed by atoms with van der Waals surface area (Å²) in [6.45, 7) is 3.81. The van der Waals surface area contributed by atoms with Crippen LogP contribution in [-0.4, -0.2) is 46.6 Å². The van der Waals surface area contributed by atoms with E-state index in [1.165, 1.54) is 12.1 Å². The number of aliphatic hydroxyl groups excluding tert-OH is 1. The van der Waals surface area contributed by atoms with Crippen molar-refractivity contribution in [2.75, 3.05) is 26.8 Å². The Morgan fingerprint density at radius 1 is 1.06 bits per heavy atom. The molecule has 6 nitrogen and oxygen atoms in total. The van der Waals surface area contributed by atoms with E-state index >= 15 is 0 Å². The summed E-state index contributed by atoms with van der Waals surface area (Å²) in [5.74, 6) is 0.437. The van der Waals surface area contributed by atoms with Crippen molar-refractivity contribution < 1.29 is 19.0 Å². The summed E-state index contributed by atoms with van der Waals surface area (Å²) >= 11 is 6.09. The number of hydrogen-bond acceptors (Lipinski definition) is 5. The van der Waals surface area contributed by atoms with E-state index in [1.807, 2.05) is 49.4 Å². The molecule has 0 amide bonds. The van der Waals surface area contributed by atoms with Crippen LogP contribution in [0.15, 0.2) is 78.9 Å². The smallest absolute Gasteiger partial charge is 0.227 e. The van der Waals surface area contributed by atoms with E-state index in [9.17, 15) is 9.50 Å². The summed E-state index contributed by atoms with van der Waals surface area (Å²) in [6.07, 6.45) is -0.678. The second-order valence-electron chi connectivity index (χ2n) is 8.47. The van der Waals surface area contributed by atoms with Crippen molar-refractivity contribution in [3.8, 4) is 17.3 Å². The second-order valence-corrected chi connectivity index (χ2v) is 8.91. The van der Waals surface area contributed by atoms with Crippen molar-refractivity contribution in [1.82, 2.24) is 14.7 Å². The molecule has 1 atom stereocenters. The lowest BCUT2D eigenvalue weighted by Gasteiger charge is -2.25. The lowest BCUT2D eigenvalue weighted by atomic mass is 10.1. The van der Waals surface area contributed by atoms with Gasteiger partial charge >= 0.3 is 0 Å². The summed E-state index contributed by atoms with van der Waals surface area (Å²) in [7, 11) is 1.65. The molecule has 0 aliphatic carbocycles. The number of rotatable bonds is 11. The van der Waals surface area contributed by atoms with E-state index in [0.717, 1.165) is 22.5 Å². The molecule has 1 aromatic heterocycles. The second kappa shape index (κ2) is 12.1. The van der Waals surface area contributed by atoms with Crippen LogP contribution in [0.4, 0.5) is 4.39 Å². The van der Waals surface area contributed by atoms with Crippen LogP contribution in [0.5, 0.6) is 11.6 Å². The predicted molar refractivity (Wildman–Crippen MR) is 138 cm³/mol. The van der Waals surface area contributed by atoms with Crippen molar-refractivity contribution in [3.05, 3.63) is 107 Å². The molecule has 1 heterocycles. The zero-order chi connectivity index (χ0) is 25.5. The Bertz CT molecular complexity index is 1270. The van der Waals surface area contributed by atoms with Gasteiger partial charge in [-0.05, 0) is 48.9 Å². The van der Waals surface area contributed by atoms with Gasteiger partial charge in [-0.1, -0.05) is 48.0 Å². The van der Waals surface area contributed by atoms with E-state index < -0.39 is 11.9 Å². The quantitative estimate of drug-likeness (QED) is 0.271. The van der Waals surface area contributed by atoms with Gasteiger partial charge in [0.1, 0.15) is 11.6 Å². The van der Waals surface area contributed by atoms with Crippen molar-refractivity contribution in [2.24, 2.45) is 0 Å². The van der Waals surface area contributed by atoms with Gasteiger partial charge in [0.2, 0.25) is 5.88 Å². The summed E-state index contributed by atoms with van der Waals surface area (Å²) in [4.78, 5) is 2.09. The average molecular weight is 510 g/mol. The van der Waals surface area contributed by atoms with Crippen LogP contribution in [-0.2, 0) is 11.3 Å². The van der Waals surface area contributed by atoms with Gasteiger partial charge in [-0.2, -0.15) is 5.10 Å². The maximum Gasteiger partial charge on any atom is 0.227 e. The molecule has 8 heteroatoms. The highest BCUT2D eigenvalue weighted by Gasteiger charge is 2.23. The summed E-state index contributed by atoms with van der Waals surface area (Å²) in [6, 6.07) is 22.8. The van der Waals surface area contributed by atoms with Crippen molar-refractivity contribution >= 4 is 11.6 Å². The van der Waals surface area contributed by atoms with E-state index in [2.05, 4.69) is 4.90 Å². The van der Waals surface area contributed by atoms with Gasteiger partial charge in [-0.15, -0.1) is 0 Å². The highest BCUT2D eigenvalue weighted by molar-refractivity contribution is 6.30. The monoisotopic (exact) mass is 509 g/mol. The van der Waals surface area contributed by atoms with E-state index in [0.29, 0.717) is 42.9 Å². The Hall–Kier alpha value is -3.23. The zero-order valence-electron chi connectivity index (χ0n) is 20.3. The topological polar surface area (TPSA) is 59.8 Å². The average Bonchev–Trinajstić information content (AvgIpc) is 3.18. The van der Waals surface area contributed by atoms with Gasteiger partial charge < -0.3 is 14.6 Å². The lowest BCUT2D eigenvalue weighted by Crippen LogP contribution is -2.31. The maximum atomic E-state index is 13.9. The van der Waals surface area contributed by atoms with E-state index in [4.69, 9.17) is 26.2 Å². The molecular formula is C28H29ClFN3O3. The molecule has 1 unspecified atom stereocenters. The van der Waals surface area contributed by atoms with Crippen LogP contribution in [0.3, 0.4) is 0 Å². The van der Waals surface area contributed by atoms with Gasteiger partial charge in [-0.3, -0.25) is 4.90 Å². The van der Waals surface area contributed by atoms with Crippen molar-refractivity contribution in [3.63, 3.8) is 0 Å². The van der Waals surface area contributed by atoms with Crippen LogP contribution in [0.25, 0.3) is 5.69 Å². The van der Waals surface area contributed by atoms with Gasteiger partial charge in [0, 0.05) is 37.8 Å². The van der Waals surface area contributed by atoms with Gasteiger partial charge in [0.05, 0.1) is 29.7 Å². The number of aromatic nitrogens is 2. The molecule has 0 saturated heterocycles. The number of benzene rings is 3. The number of halogens is 2. The first-order valence-corrected chi connectivity index (χ1v) is 12.0. The Labute approximate surface area is 215 Å². The minimum Gasteiger partial charge on any atom is -0.438 e. The summed E-state index contributed by atoms with van der Waals surface area (Å²) in [5.41, 5.74) is 3.18. The molecule has 0 radical (unpaired) electrons. The molecule has 3 aromatic carbocycles. The summed E-state index contributed by atoms with van der Waals surface area (Å²) < 4.78 is 27.2. The molecule has 0 fully saturated rings. The minimum absolute atomic E-state index is 0.360. The fourth-order valence-electron chi connectivity index (χ4n) is 3.93. The largest absolute Gasteiger partial charge is 0.438 e. The van der Waals surface area contributed by atoms with Crippen LogP contribution in [0, 0.1) is 12.7 Å². The molecule has 0 saturated carbocycles. The Morgan fingerprint density at radius 3 is 2.50 bits per heavy atom. The number of methoxy groups -OCH3 is 1. The number of nitrogens with zero attached hydrogens (tertiary/aromatic N) is 3. The molecule has 4 aromatic rings. The molecular weight excluding hydrogens is 481 g/mol. The lowest BCUT2D eigenvalue weighted by molar-refractivity contribution is 0.0844. The van der Waals surface area contributed by atoms with E-state index in [1.54, 1.807) is 36.1 Å². The first-order chi connectivity index (χ1) is 17.4. The molecule has 0 aliphatic rings. The SMILES string of the molecule is COCCN(Cc1c(C)nn(-c2ccc(Cl)cc2)c1Oc1cccc(F)c1)CC(O)c1ccccc1. The Kier molecular flexibility index (Phi) is 8.72. The molecule has 1 N–H and O–H groups in total. The molecule has 0 aliphatic heterocycles. The standard InChI is InChI=1S/C28H29ClFN3O3/c1-20-26(18-32(15-16-35-2)19-27(34)21-7-4-3-5-8-21)28(36-25-10-6-9-23(30)17-25)33(31-20)24-13-11-22(29)12-14-24/h3-14,17,27,34H,15-16,18-19H2,1-2H3. The highest BCUT2D eigenvalue weighted by Crippen LogP contribution is 2.32. The minimum atomic E-state index is -0.678. The van der Waals surface area contributed by atoms with Crippen LogP contribution in [0.1, 0.15) is 22.9 Å². The zero-order valence-corrected chi connectivity index (χ0v) is 21.0. The van der Waals surface area contributed by atoms with Crippen LogP contribution < -0.4 is 4.74 Å². The predicted octanol–water partition coefficient (Wildman–Crippen LogP) is 5.95.